The van der Waals surface area contributed by atoms with Gasteiger partial charge in [0.1, 0.15) is 12.4 Å². The first kappa shape index (κ1) is 18.7. The van der Waals surface area contributed by atoms with Gasteiger partial charge in [0.15, 0.2) is 0 Å². The zero-order valence-electron chi connectivity index (χ0n) is 14.1. The minimum atomic E-state index is -3.85. The van der Waals surface area contributed by atoms with Crippen molar-refractivity contribution < 1.29 is 17.6 Å². The largest absolute Gasteiger partial charge is 0.341 e. The molecule has 0 saturated carbocycles. The van der Waals surface area contributed by atoms with Crippen molar-refractivity contribution in [2.75, 3.05) is 38.0 Å². The minimum Gasteiger partial charge on any atom is -0.341 e. The molecule has 1 saturated heterocycles. The van der Waals surface area contributed by atoms with Crippen LogP contribution in [0.25, 0.3) is 0 Å². The first-order chi connectivity index (χ1) is 11.3. The van der Waals surface area contributed by atoms with E-state index >= 15 is 0 Å². The molecule has 24 heavy (non-hydrogen) atoms. The van der Waals surface area contributed by atoms with E-state index in [1.165, 1.54) is 38.4 Å². The van der Waals surface area contributed by atoms with Crippen molar-refractivity contribution >= 4 is 21.8 Å². The van der Waals surface area contributed by atoms with Gasteiger partial charge in [-0.1, -0.05) is 12.8 Å². The van der Waals surface area contributed by atoms with Crippen LogP contribution in [0.2, 0.25) is 0 Å². The Bertz CT molecular complexity index is 654. The molecule has 1 aliphatic rings. The Hall–Kier alpha value is -1.67. The van der Waals surface area contributed by atoms with Crippen LogP contribution in [0.5, 0.6) is 0 Å². The van der Waals surface area contributed by atoms with Gasteiger partial charge in [0, 0.05) is 27.2 Å². The van der Waals surface area contributed by atoms with Crippen molar-refractivity contribution in [3.8, 4) is 0 Å². The third kappa shape index (κ3) is 4.45. The first-order valence-electron chi connectivity index (χ1n) is 8.06. The molecule has 2 rings (SSSR count). The SMILES string of the molecule is CN(C)S(=O)(=O)N(CC(=O)N1CCCCCC1)c1ccc(F)cc1. The summed E-state index contributed by atoms with van der Waals surface area (Å²) in [5.74, 6) is -0.688. The molecule has 1 aromatic rings. The summed E-state index contributed by atoms with van der Waals surface area (Å²) in [5.41, 5.74) is 0.272. The van der Waals surface area contributed by atoms with Crippen molar-refractivity contribution in [1.82, 2.24) is 9.21 Å². The summed E-state index contributed by atoms with van der Waals surface area (Å²) in [7, 11) is -1.04. The van der Waals surface area contributed by atoms with Crippen LogP contribution in [0.1, 0.15) is 25.7 Å². The smallest absolute Gasteiger partial charge is 0.304 e. The van der Waals surface area contributed by atoms with Crippen LogP contribution < -0.4 is 4.31 Å². The van der Waals surface area contributed by atoms with Gasteiger partial charge in [-0.3, -0.25) is 4.79 Å². The van der Waals surface area contributed by atoms with Crippen molar-refractivity contribution in [2.45, 2.75) is 25.7 Å². The van der Waals surface area contributed by atoms with E-state index in [1.807, 2.05) is 0 Å². The molecule has 1 aromatic carbocycles. The zero-order chi connectivity index (χ0) is 17.7. The molecule has 0 N–H and O–H groups in total. The summed E-state index contributed by atoms with van der Waals surface area (Å²) in [5, 5.41) is 0. The summed E-state index contributed by atoms with van der Waals surface area (Å²) in [6.45, 7) is 1.02. The molecule has 8 heteroatoms. The number of carbonyl (C=O) groups excluding carboxylic acids is 1. The van der Waals surface area contributed by atoms with Gasteiger partial charge in [0.2, 0.25) is 5.91 Å². The quantitative estimate of drug-likeness (QED) is 0.808. The lowest BCUT2D eigenvalue weighted by Gasteiger charge is -2.29. The predicted octanol–water partition coefficient (Wildman–Crippen LogP) is 1.84. The van der Waals surface area contributed by atoms with Crippen molar-refractivity contribution in [3.05, 3.63) is 30.1 Å². The van der Waals surface area contributed by atoms with Gasteiger partial charge >= 0.3 is 10.2 Å². The maximum Gasteiger partial charge on any atom is 0.304 e. The Kier molecular flexibility index (Phi) is 6.17. The first-order valence-corrected chi connectivity index (χ1v) is 9.45. The Balaban J connectivity index is 2.25. The summed E-state index contributed by atoms with van der Waals surface area (Å²) in [6, 6.07) is 5.10. The number of likely N-dealkylation sites (tertiary alicyclic amines) is 1. The fourth-order valence-corrected chi connectivity index (χ4v) is 3.71. The molecule has 0 aromatic heterocycles. The van der Waals surface area contributed by atoms with E-state index in [1.54, 1.807) is 4.90 Å². The summed E-state index contributed by atoms with van der Waals surface area (Å²) < 4.78 is 40.4. The van der Waals surface area contributed by atoms with Crippen LogP contribution in [-0.4, -0.2) is 57.3 Å². The van der Waals surface area contributed by atoms with E-state index in [0.29, 0.717) is 13.1 Å². The number of rotatable bonds is 5. The fourth-order valence-electron chi connectivity index (χ4n) is 2.65. The highest BCUT2D eigenvalue weighted by Crippen LogP contribution is 2.20. The second kappa shape index (κ2) is 7.94. The van der Waals surface area contributed by atoms with Gasteiger partial charge < -0.3 is 4.90 Å². The van der Waals surface area contributed by atoms with Crippen LogP contribution in [0.3, 0.4) is 0 Å². The van der Waals surface area contributed by atoms with Crippen LogP contribution in [0.15, 0.2) is 24.3 Å². The molecule has 0 aliphatic carbocycles. The average Bonchev–Trinajstić information content (AvgIpc) is 2.82. The molecule has 1 heterocycles. The molecule has 1 fully saturated rings. The van der Waals surface area contributed by atoms with Crippen molar-refractivity contribution in [2.24, 2.45) is 0 Å². The lowest BCUT2D eigenvalue weighted by molar-refractivity contribution is -0.129. The molecule has 0 unspecified atom stereocenters. The monoisotopic (exact) mass is 357 g/mol. The molecule has 0 bridgehead atoms. The number of nitrogens with zero attached hydrogens (tertiary/aromatic N) is 3. The molecular formula is C16H24FN3O3S. The van der Waals surface area contributed by atoms with Gasteiger partial charge in [-0.05, 0) is 37.1 Å². The topological polar surface area (TPSA) is 60.9 Å². The number of halogens is 1. The van der Waals surface area contributed by atoms with E-state index in [2.05, 4.69) is 0 Å². The highest BCUT2D eigenvalue weighted by atomic mass is 32.2. The van der Waals surface area contributed by atoms with E-state index in [-0.39, 0.29) is 18.1 Å². The zero-order valence-corrected chi connectivity index (χ0v) is 14.9. The maximum absolute atomic E-state index is 13.2. The van der Waals surface area contributed by atoms with Crippen LogP contribution >= 0.6 is 0 Å². The average molecular weight is 357 g/mol. The second-order valence-electron chi connectivity index (χ2n) is 6.07. The molecule has 1 aliphatic heterocycles. The van der Waals surface area contributed by atoms with Gasteiger partial charge in [0.25, 0.3) is 0 Å². The molecule has 0 radical (unpaired) electrons. The van der Waals surface area contributed by atoms with Crippen molar-refractivity contribution in [3.63, 3.8) is 0 Å². The lowest BCUT2D eigenvalue weighted by atomic mass is 10.2. The van der Waals surface area contributed by atoms with Gasteiger partial charge in [0.05, 0.1) is 5.69 Å². The number of anilines is 1. The molecule has 134 valence electrons. The predicted molar refractivity (Wildman–Crippen MR) is 91.4 cm³/mol. The molecule has 0 atom stereocenters. The number of hydrogen-bond donors (Lipinski definition) is 0. The lowest BCUT2D eigenvalue weighted by Crippen LogP contribution is -2.47. The number of hydrogen-bond acceptors (Lipinski definition) is 3. The summed E-state index contributed by atoms with van der Waals surface area (Å²) >= 11 is 0. The van der Waals surface area contributed by atoms with E-state index in [9.17, 15) is 17.6 Å². The van der Waals surface area contributed by atoms with Crippen LogP contribution in [0, 0.1) is 5.82 Å². The summed E-state index contributed by atoms with van der Waals surface area (Å²) in [6.07, 6.45) is 4.04. The van der Waals surface area contributed by atoms with Gasteiger partial charge in [-0.15, -0.1) is 0 Å². The highest BCUT2D eigenvalue weighted by Gasteiger charge is 2.29. The molecular weight excluding hydrogens is 333 g/mol. The summed E-state index contributed by atoms with van der Waals surface area (Å²) in [4.78, 5) is 14.3. The number of carbonyl (C=O) groups is 1. The molecule has 6 nitrogen and oxygen atoms in total. The highest BCUT2D eigenvalue weighted by molar-refractivity contribution is 7.90. The van der Waals surface area contributed by atoms with E-state index in [0.717, 1.165) is 34.3 Å². The fraction of sp³-hybridized carbons (Fsp3) is 0.562. The normalized spacial score (nSPS) is 16.1. The van der Waals surface area contributed by atoms with Crippen LogP contribution in [0.4, 0.5) is 10.1 Å². The Morgan fingerprint density at radius 3 is 2.12 bits per heavy atom. The third-order valence-corrected chi connectivity index (χ3v) is 5.91. The van der Waals surface area contributed by atoms with Crippen LogP contribution in [-0.2, 0) is 15.0 Å². The van der Waals surface area contributed by atoms with Crippen molar-refractivity contribution in [1.29, 1.82) is 0 Å². The Morgan fingerprint density at radius 2 is 1.62 bits per heavy atom. The van der Waals surface area contributed by atoms with Gasteiger partial charge in [-0.2, -0.15) is 12.7 Å². The number of amides is 1. The standard InChI is InChI=1S/C16H24FN3O3S/c1-18(2)24(22,23)20(15-9-7-14(17)8-10-15)13-16(21)19-11-5-3-4-6-12-19/h7-10H,3-6,11-13H2,1-2H3. The maximum atomic E-state index is 13.2. The number of benzene rings is 1. The third-order valence-electron chi connectivity index (χ3n) is 4.09. The molecule has 1 amide bonds. The minimum absolute atomic E-state index is 0.230. The van der Waals surface area contributed by atoms with Gasteiger partial charge in [-0.25, -0.2) is 8.70 Å². The van der Waals surface area contributed by atoms with E-state index < -0.39 is 16.0 Å². The second-order valence-corrected chi connectivity index (χ2v) is 8.13. The Labute approximate surface area is 143 Å². The van der Waals surface area contributed by atoms with E-state index in [4.69, 9.17) is 0 Å². The molecule has 0 spiro atoms. The Morgan fingerprint density at radius 1 is 1.08 bits per heavy atom.